The Labute approximate surface area is 118 Å². The number of benzene rings is 1. The SMILES string of the molecule is O=C(O)Cc1ccccc1CNC(=O)Nc1nnns1. The molecule has 20 heavy (non-hydrogen) atoms. The second kappa shape index (κ2) is 6.57. The van der Waals surface area contributed by atoms with Crippen LogP contribution in [0.3, 0.4) is 0 Å². The topological polar surface area (TPSA) is 117 Å². The largest absolute Gasteiger partial charge is 0.481 e. The van der Waals surface area contributed by atoms with Crippen LogP contribution in [0.1, 0.15) is 11.1 Å². The van der Waals surface area contributed by atoms with E-state index in [0.717, 1.165) is 17.1 Å². The van der Waals surface area contributed by atoms with E-state index in [1.165, 1.54) is 0 Å². The molecule has 0 aliphatic rings. The fourth-order valence-electron chi connectivity index (χ4n) is 1.56. The Hall–Kier alpha value is -2.55. The maximum atomic E-state index is 11.6. The van der Waals surface area contributed by atoms with Gasteiger partial charge in [-0.05, 0) is 16.3 Å². The van der Waals surface area contributed by atoms with Gasteiger partial charge in [0, 0.05) is 18.1 Å². The van der Waals surface area contributed by atoms with Gasteiger partial charge in [0.2, 0.25) is 5.13 Å². The fourth-order valence-corrected chi connectivity index (χ4v) is 1.93. The van der Waals surface area contributed by atoms with Crippen LogP contribution in [0.15, 0.2) is 24.3 Å². The molecule has 1 heterocycles. The maximum Gasteiger partial charge on any atom is 0.321 e. The lowest BCUT2D eigenvalue weighted by molar-refractivity contribution is -0.136. The number of rotatable bonds is 5. The molecule has 0 bridgehead atoms. The van der Waals surface area contributed by atoms with Crippen molar-refractivity contribution >= 4 is 28.7 Å². The monoisotopic (exact) mass is 293 g/mol. The Balaban J connectivity index is 1.93. The van der Waals surface area contributed by atoms with Crippen molar-refractivity contribution in [3.63, 3.8) is 0 Å². The summed E-state index contributed by atoms with van der Waals surface area (Å²) in [7, 11) is 0. The average molecular weight is 293 g/mol. The third kappa shape index (κ3) is 3.99. The number of aromatic nitrogens is 3. The van der Waals surface area contributed by atoms with Crippen molar-refractivity contribution in [1.82, 2.24) is 20.1 Å². The van der Waals surface area contributed by atoms with Gasteiger partial charge in [-0.15, -0.1) is 0 Å². The zero-order valence-corrected chi connectivity index (χ0v) is 11.1. The van der Waals surface area contributed by atoms with E-state index < -0.39 is 12.0 Å². The average Bonchev–Trinajstić information content (AvgIpc) is 2.90. The molecule has 0 unspecified atom stereocenters. The van der Waals surface area contributed by atoms with Gasteiger partial charge in [0.15, 0.2) is 0 Å². The summed E-state index contributed by atoms with van der Waals surface area (Å²) in [6, 6.07) is 6.58. The molecule has 0 aliphatic heterocycles. The van der Waals surface area contributed by atoms with Gasteiger partial charge in [-0.2, -0.15) is 0 Å². The van der Waals surface area contributed by atoms with E-state index in [2.05, 4.69) is 25.4 Å². The molecule has 1 aromatic heterocycles. The highest BCUT2D eigenvalue weighted by Gasteiger charge is 2.08. The minimum atomic E-state index is -0.915. The summed E-state index contributed by atoms with van der Waals surface area (Å²) in [5.74, 6) is -0.915. The standard InChI is InChI=1S/C11H11N5O3S/c17-9(18)5-7-3-1-2-4-8(7)6-12-10(19)13-11-14-15-16-20-11/h1-4H,5-6H2,(H,17,18)(H2,12,13,14,16,19). The van der Waals surface area contributed by atoms with E-state index in [9.17, 15) is 9.59 Å². The molecule has 1 aromatic carbocycles. The molecular weight excluding hydrogens is 282 g/mol. The molecule has 0 fully saturated rings. The highest BCUT2D eigenvalue weighted by molar-refractivity contribution is 7.09. The van der Waals surface area contributed by atoms with Crippen LogP contribution in [0, 0.1) is 0 Å². The summed E-state index contributed by atoms with van der Waals surface area (Å²) in [5, 5.41) is 21.1. The van der Waals surface area contributed by atoms with Crippen LogP contribution >= 0.6 is 11.5 Å². The second-order valence-corrected chi connectivity index (χ2v) is 4.55. The van der Waals surface area contributed by atoms with Gasteiger partial charge < -0.3 is 10.4 Å². The number of carboxylic acid groups (broad SMARTS) is 1. The first-order valence-corrected chi connectivity index (χ1v) is 6.41. The van der Waals surface area contributed by atoms with Crippen molar-refractivity contribution in [3.8, 4) is 0 Å². The van der Waals surface area contributed by atoms with E-state index in [1.54, 1.807) is 24.3 Å². The first kappa shape index (κ1) is 13.9. The Morgan fingerprint density at radius 2 is 2.00 bits per heavy atom. The highest BCUT2D eigenvalue weighted by atomic mass is 32.1. The molecule has 2 amide bonds. The van der Waals surface area contributed by atoms with Crippen molar-refractivity contribution < 1.29 is 14.7 Å². The van der Waals surface area contributed by atoms with Crippen molar-refractivity contribution in [2.45, 2.75) is 13.0 Å². The number of nitrogens with zero attached hydrogens (tertiary/aromatic N) is 3. The summed E-state index contributed by atoms with van der Waals surface area (Å²) < 4.78 is 3.51. The number of nitrogens with one attached hydrogen (secondary N) is 2. The highest BCUT2D eigenvalue weighted by Crippen LogP contribution is 2.10. The molecule has 2 aromatic rings. The third-order valence-corrected chi connectivity index (χ3v) is 2.93. The van der Waals surface area contributed by atoms with Crippen molar-refractivity contribution in [2.24, 2.45) is 0 Å². The van der Waals surface area contributed by atoms with Crippen LogP contribution < -0.4 is 10.6 Å². The van der Waals surface area contributed by atoms with Gasteiger partial charge in [-0.25, -0.2) is 4.79 Å². The number of carbonyl (C=O) groups excluding carboxylic acids is 1. The van der Waals surface area contributed by atoms with Gasteiger partial charge in [0.05, 0.1) is 6.42 Å². The molecule has 0 saturated carbocycles. The Kier molecular flexibility index (Phi) is 4.56. The normalized spacial score (nSPS) is 10.0. The number of amides is 2. The smallest absolute Gasteiger partial charge is 0.321 e. The van der Waals surface area contributed by atoms with Crippen LogP contribution in [0.5, 0.6) is 0 Å². The maximum absolute atomic E-state index is 11.6. The predicted molar refractivity (Wildman–Crippen MR) is 71.3 cm³/mol. The van der Waals surface area contributed by atoms with E-state index in [-0.39, 0.29) is 13.0 Å². The molecule has 9 heteroatoms. The zero-order valence-electron chi connectivity index (χ0n) is 10.2. The molecule has 0 atom stereocenters. The van der Waals surface area contributed by atoms with Gasteiger partial charge in [-0.3, -0.25) is 10.1 Å². The molecular formula is C11H11N5O3S. The molecule has 0 spiro atoms. The molecule has 104 valence electrons. The second-order valence-electron chi connectivity index (χ2n) is 3.81. The first-order valence-electron chi connectivity index (χ1n) is 5.63. The van der Waals surface area contributed by atoms with Crippen LogP contribution in [0.25, 0.3) is 0 Å². The van der Waals surface area contributed by atoms with Gasteiger partial charge in [0.25, 0.3) is 0 Å². The number of aliphatic carboxylic acids is 1. The molecule has 0 aliphatic carbocycles. The van der Waals surface area contributed by atoms with Crippen LogP contribution in [0.4, 0.5) is 9.93 Å². The summed E-state index contributed by atoms with van der Waals surface area (Å²) in [6.07, 6.45) is -0.0835. The van der Waals surface area contributed by atoms with Crippen molar-refractivity contribution in [3.05, 3.63) is 35.4 Å². The van der Waals surface area contributed by atoms with Gasteiger partial charge in [-0.1, -0.05) is 33.9 Å². The van der Waals surface area contributed by atoms with Crippen molar-refractivity contribution in [1.29, 1.82) is 0 Å². The minimum Gasteiger partial charge on any atom is -0.481 e. The van der Waals surface area contributed by atoms with Crippen LogP contribution in [-0.4, -0.2) is 31.9 Å². The lowest BCUT2D eigenvalue weighted by Crippen LogP contribution is -2.28. The van der Waals surface area contributed by atoms with E-state index in [0.29, 0.717) is 10.7 Å². The number of hydrogen-bond donors (Lipinski definition) is 3. The summed E-state index contributed by atoms with van der Waals surface area (Å²) in [6.45, 7) is 0.224. The Morgan fingerprint density at radius 3 is 2.65 bits per heavy atom. The quantitative estimate of drug-likeness (QED) is 0.753. The Morgan fingerprint density at radius 1 is 1.25 bits per heavy atom. The molecule has 2 rings (SSSR count). The summed E-state index contributed by atoms with van der Waals surface area (Å²) >= 11 is 0.963. The number of hydrogen-bond acceptors (Lipinski definition) is 6. The molecule has 8 nitrogen and oxygen atoms in total. The Bertz CT molecular complexity index is 602. The third-order valence-electron chi connectivity index (χ3n) is 2.42. The van der Waals surface area contributed by atoms with Crippen LogP contribution in [0.2, 0.25) is 0 Å². The van der Waals surface area contributed by atoms with Crippen molar-refractivity contribution in [2.75, 3.05) is 5.32 Å². The van der Waals surface area contributed by atoms with Gasteiger partial charge in [0.1, 0.15) is 0 Å². The zero-order chi connectivity index (χ0) is 14.4. The van der Waals surface area contributed by atoms with E-state index in [4.69, 9.17) is 5.11 Å². The molecule has 3 N–H and O–H groups in total. The number of urea groups is 1. The first-order chi connectivity index (χ1) is 9.65. The number of carboxylic acids is 1. The van der Waals surface area contributed by atoms with Crippen LogP contribution in [-0.2, 0) is 17.8 Å². The van der Waals surface area contributed by atoms with E-state index >= 15 is 0 Å². The number of anilines is 1. The lowest BCUT2D eigenvalue weighted by atomic mass is 10.0. The summed E-state index contributed by atoms with van der Waals surface area (Å²) in [5.41, 5.74) is 1.42. The molecule has 0 saturated heterocycles. The minimum absolute atomic E-state index is 0.0835. The van der Waals surface area contributed by atoms with Gasteiger partial charge >= 0.3 is 12.0 Å². The number of carbonyl (C=O) groups is 2. The fraction of sp³-hybridized carbons (Fsp3) is 0.182. The summed E-state index contributed by atoms with van der Waals surface area (Å²) in [4.78, 5) is 22.3. The molecule has 0 radical (unpaired) electrons. The predicted octanol–water partition coefficient (Wildman–Crippen LogP) is 0.882. The lowest BCUT2D eigenvalue weighted by Gasteiger charge is -2.09. The van der Waals surface area contributed by atoms with E-state index in [1.807, 2.05) is 0 Å².